The Kier molecular flexibility index (Phi) is 6.44. The second-order valence-corrected chi connectivity index (χ2v) is 5.86. The van der Waals surface area contributed by atoms with E-state index in [1.54, 1.807) is 0 Å². The fraction of sp³-hybridized carbons (Fsp3) is 0.571. The van der Waals surface area contributed by atoms with Crippen molar-refractivity contribution in [3.05, 3.63) is 33.8 Å². The molecule has 0 heterocycles. The predicted molar refractivity (Wildman–Crippen MR) is 80.5 cm³/mol. The summed E-state index contributed by atoms with van der Waals surface area (Å²) in [5.74, 6) is 0. The zero-order chi connectivity index (χ0) is 13.6. The topological polar surface area (TPSA) is 38.0 Å². The highest BCUT2D eigenvalue weighted by Crippen LogP contribution is 2.29. The van der Waals surface area contributed by atoms with E-state index < -0.39 is 0 Å². The normalized spacial score (nSPS) is 14.5. The van der Waals surface area contributed by atoms with Crippen LogP contribution in [-0.4, -0.2) is 19.6 Å². The van der Waals surface area contributed by atoms with Gasteiger partial charge in [0.05, 0.1) is 10.0 Å². The van der Waals surface area contributed by atoms with Crippen molar-refractivity contribution in [2.24, 2.45) is 11.1 Å². The van der Waals surface area contributed by atoms with Crippen LogP contribution in [0.2, 0.25) is 10.0 Å². The van der Waals surface area contributed by atoms with E-state index in [1.807, 2.05) is 18.2 Å². The van der Waals surface area contributed by atoms with Crippen LogP contribution in [0.25, 0.3) is 0 Å². The zero-order valence-electron chi connectivity index (χ0n) is 11.1. The molecule has 4 heteroatoms. The molecular formula is C14H22Cl2N2. The molecular weight excluding hydrogens is 267 g/mol. The summed E-state index contributed by atoms with van der Waals surface area (Å²) < 4.78 is 0. The van der Waals surface area contributed by atoms with Crippen molar-refractivity contribution >= 4 is 23.2 Å². The lowest BCUT2D eigenvalue weighted by atomic mass is 9.80. The van der Waals surface area contributed by atoms with Crippen LogP contribution < -0.4 is 11.1 Å². The van der Waals surface area contributed by atoms with Crippen LogP contribution in [0.3, 0.4) is 0 Å². The fourth-order valence-corrected chi connectivity index (χ4v) is 2.29. The zero-order valence-corrected chi connectivity index (χ0v) is 12.6. The summed E-state index contributed by atoms with van der Waals surface area (Å²) >= 11 is 12.0. The Morgan fingerprint density at radius 3 is 2.56 bits per heavy atom. The smallest absolute Gasteiger partial charge is 0.0595 e. The van der Waals surface area contributed by atoms with Gasteiger partial charge in [0.1, 0.15) is 0 Å². The first-order valence-corrected chi connectivity index (χ1v) is 7.11. The van der Waals surface area contributed by atoms with E-state index in [9.17, 15) is 0 Å². The van der Waals surface area contributed by atoms with Crippen LogP contribution in [0, 0.1) is 5.41 Å². The highest BCUT2D eigenvalue weighted by Gasteiger charge is 2.22. The van der Waals surface area contributed by atoms with Gasteiger partial charge in [0.15, 0.2) is 0 Å². The number of halogens is 2. The molecule has 0 amide bonds. The van der Waals surface area contributed by atoms with E-state index in [-0.39, 0.29) is 5.41 Å². The highest BCUT2D eigenvalue weighted by molar-refractivity contribution is 6.42. The molecule has 0 radical (unpaired) electrons. The van der Waals surface area contributed by atoms with Crippen molar-refractivity contribution in [2.75, 3.05) is 19.6 Å². The summed E-state index contributed by atoms with van der Waals surface area (Å²) in [4.78, 5) is 0. The third-order valence-corrected chi connectivity index (χ3v) is 4.00. The van der Waals surface area contributed by atoms with Crippen molar-refractivity contribution in [1.29, 1.82) is 0 Å². The Bertz CT molecular complexity index is 382. The molecule has 0 aliphatic carbocycles. The molecule has 3 N–H and O–H groups in total. The van der Waals surface area contributed by atoms with E-state index in [0.29, 0.717) is 16.6 Å². The predicted octanol–water partition coefficient (Wildman–Crippen LogP) is 3.50. The van der Waals surface area contributed by atoms with Gasteiger partial charge in [0.2, 0.25) is 0 Å². The first-order chi connectivity index (χ1) is 8.50. The quantitative estimate of drug-likeness (QED) is 0.754. The van der Waals surface area contributed by atoms with Crippen molar-refractivity contribution in [2.45, 2.75) is 26.7 Å². The summed E-state index contributed by atoms with van der Waals surface area (Å²) in [7, 11) is 0. The summed E-state index contributed by atoms with van der Waals surface area (Å²) in [5, 5.41) is 4.55. The Morgan fingerprint density at radius 1 is 1.28 bits per heavy atom. The Hall–Kier alpha value is -0.280. The fourth-order valence-electron chi connectivity index (χ4n) is 1.97. The Morgan fingerprint density at radius 2 is 2.00 bits per heavy atom. The largest absolute Gasteiger partial charge is 0.330 e. The van der Waals surface area contributed by atoms with Crippen molar-refractivity contribution < 1.29 is 0 Å². The van der Waals surface area contributed by atoms with Gasteiger partial charge in [-0.2, -0.15) is 0 Å². The van der Waals surface area contributed by atoms with Crippen LogP contribution >= 0.6 is 23.2 Å². The molecule has 0 aromatic heterocycles. The molecule has 0 saturated carbocycles. The molecule has 0 fully saturated rings. The molecule has 102 valence electrons. The first-order valence-electron chi connectivity index (χ1n) is 6.35. The second-order valence-electron chi connectivity index (χ2n) is 5.04. The van der Waals surface area contributed by atoms with Gasteiger partial charge in [-0.25, -0.2) is 0 Å². The van der Waals surface area contributed by atoms with E-state index in [1.165, 1.54) is 5.56 Å². The molecule has 18 heavy (non-hydrogen) atoms. The van der Waals surface area contributed by atoms with Gasteiger partial charge in [-0.3, -0.25) is 0 Å². The molecule has 1 atom stereocenters. The number of benzene rings is 1. The number of nitrogens with two attached hydrogens (primary N) is 1. The van der Waals surface area contributed by atoms with Crippen LogP contribution in [-0.2, 0) is 6.42 Å². The minimum absolute atomic E-state index is 0.0966. The first kappa shape index (κ1) is 15.8. The molecule has 2 nitrogen and oxygen atoms in total. The summed E-state index contributed by atoms with van der Waals surface area (Å²) in [6.45, 7) is 6.98. The van der Waals surface area contributed by atoms with Gasteiger partial charge in [-0.1, -0.05) is 43.1 Å². The standard InChI is InChI=1S/C14H22Cl2N2/c1-3-18-7-6-14(2,10-17)9-11-4-5-12(15)13(16)8-11/h4-5,8,18H,3,6-7,9-10,17H2,1-2H3. The SMILES string of the molecule is CCNCCC(C)(CN)Cc1ccc(Cl)c(Cl)c1. The van der Waals surface area contributed by atoms with Crippen LogP contribution in [0.1, 0.15) is 25.8 Å². The molecule has 0 bridgehead atoms. The van der Waals surface area contributed by atoms with E-state index >= 15 is 0 Å². The molecule has 1 aromatic rings. The number of nitrogens with one attached hydrogen (secondary N) is 1. The van der Waals surface area contributed by atoms with Gasteiger partial charge in [0.25, 0.3) is 0 Å². The summed E-state index contributed by atoms with van der Waals surface area (Å²) in [6, 6.07) is 5.81. The van der Waals surface area contributed by atoms with Crippen LogP contribution in [0.15, 0.2) is 18.2 Å². The molecule has 0 saturated heterocycles. The lowest BCUT2D eigenvalue weighted by molar-refractivity contribution is 0.301. The van der Waals surface area contributed by atoms with Gasteiger partial charge in [-0.15, -0.1) is 0 Å². The molecule has 1 aromatic carbocycles. The van der Waals surface area contributed by atoms with E-state index in [2.05, 4.69) is 19.2 Å². The lowest BCUT2D eigenvalue weighted by Gasteiger charge is -2.28. The molecule has 1 rings (SSSR count). The average Bonchev–Trinajstić information content (AvgIpc) is 2.34. The Labute approximate surface area is 120 Å². The molecule has 1 unspecified atom stereocenters. The van der Waals surface area contributed by atoms with Gasteiger partial charge in [-0.05, 0) is 55.6 Å². The van der Waals surface area contributed by atoms with Crippen LogP contribution in [0.5, 0.6) is 0 Å². The van der Waals surface area contributed by atoms with Crippen LogP contribution in [0.4, 0.5) is 0 Å². The summed E-state index contributed by atoms with van der Waals surface area (Å²) in [6.07, 6.45) is 1.98. The molecule has 0 spiro atoms. The monoisotopic (exact) mass is 288 g/mol. The van der Waals surface area contributed by atoms with Crippen molar-refractivity contribution in [3.63, 3.8) is 0 Å². The van der Waals surface area contributed by atoms with Gasteiger partial charge < -0.3 is 11.1 Å². The highest BCUT2D eigenvalue weighted by atomic mass is 35.5. The van der Waals surface area contributed by atoms with Crippen molar-refractivity contribution in [3.8, 4) is 0 Å². The third kappa shape index (κ3) is 4.77. The summed E-state index contributed by atoms with van der Waals surface area (Å²) in [5.41, 5.74) is 7.20. The second kappa shape index (κ2) is 7.34. The Balaban J connectivity index is 2.68. The number of hydrogen-bond donors (Lipinski definition) is 2. The van der Waals surface area contributed by atoms with Gasteiger partial charge in [0, 0.05) is 0 Å². The van der Waals surface area contributed by atoms with E-state index in [0.717, 1.165) is 25.9 Å². The molecule has 0 aliphatic heterocycles. The lowest BCUT2D eigenvalue weighted by Crippen LogP contribution is -2.33. The average molecular weight is 289 g/mol. The number of hydrogen-bond acceptors (Lipinski definition) is 2. The minimum atomic E-state index is 0.0966. The minimum Gasteiger partial charge on any atom is -0.330 e. The molecule has 0 aliphatic rings. The third-order valence-electron chi connectivity index (χ3n) is 3.26. The number of rotatable bonds is 7. The van der Waals surface area contributed by atoms with Gasteiger partial charge >= 0.3 is 0 Å². The van der Waals surface area contributed by atoms with Crippen molar-refractivity contribution in [1.82, 2.24) is 5.32 Å². The maximum Gasteiger partial charge on any atom is 0.0595 e. The van der Waals surface area contributed by atoms with E-state index in [4.69, 9.17) is 28.9 Å². The maximum atomic E-state index is 6.04. The maximum absolute atomic E-state index is 6.04.